The summed E-state index contributed by atoms with van der Waals surface area (Å²) in [5, 5.41) is 9.68. The van der Waals surface area contributed by atoms with E-state index in [-0.39, 0.29) is 0 Å². The topological polar surface area (TPSA) is 46.2 Å². The number of phenolic OH excluding ortho intramolecular Hbond substituents is 1. The number of benzene rings is 1. The summed E-state index contributed by atoms with van der Waals surface area (Å²) in [6, 6.07) is 5.73. The molecule has 0 aliphatic rings. The Kier molecular flexibility index (Phi) is 4.29. The van der Waals surface area contributed by atoms with Gasteiger partial charge in [0.25, 0.3) is 0 Å². The third-order valence-corrected chi connectivity index (χ3v) is 3.09. The summed E-state index contributed by atoms with van der Waals surface area (Å²) in [7, 11) is 0. The standard InChI is InChI=1S/C11H17NOS/c1-8(5-6-12)10-7-9(14-2)3-4-11(10)13/h3-4,7-8,13H,5-6,12H2,1-2H3. The molecule has 1 aromatic carbocycles. The van der Waals surface area contributed by atoms with Crippen LogP contribution < -0.4 is 5.73 Å². The van der Waals surface area contributed by atoms with Gasteiger partial charge in [-0.05, 0) is 48.9 Å². The molecule has 0 bridgehead atoms. The van der Waals surface area contributed by atoms with E-state index in [9.17, 15) is 5.11 Å². The highest BCUT2D eigenvalue weighted by Gasteiger charge is 2.10. The second kappa shape index (κ2) is 5.27. The Labute approximate surface area is 89.5 Å². The molecule has 2 nitrogen and oxygen atoms in total. The van der Waals surface area contributed by atoms with Crippen molar-refractivity contribution in [3.8, 4) is 5.75 Å². The Bertz CT molecular complexity index is 301. The molecule has 1 atom stereocenters. The minimum Gasteiger partial charge on any atom is -0.508 e. The van der Waals surface area contributed by atoms with Crippen LogP contribution >= 0.6 is 11.8 Å². The van der Waals surface area contributed by atoms with Gasteiger partial charge >= 0.3 is 0 Å². The third kappa shape index (κ3) is 2.66. The number of rotatable bonds is 4. The Morgan fingerprint density at radius 3 is 2.79 bits per heavy atom. The summed E-state index contributed by atoms with van der Waals surface area (Å²) in [5.74, 6) is 0.704. The van der Waals surface area contributed by atoms with E-state index in [2.05, 4.69) is 6.92 Å². The first-order valence-corrected chi connectivity index (χ1v) is 5.98. The fourth-order valence-electron chi connectivity index (χ4n) is 1.46. The molecule has 3 heteroatoms. The molecule has 3 N–H and O–H groups in total. The molecule has 0 saturated carbocycles. The van der Waals surface area contributed by atoms with Crippen molar-refractivity contribution in [2.45, 2.75) is 24.2 Å². The van der Waals surface area contributed by atoms with Crippen molar-refractivity contribution in [1.82, 2.24) is 0 Å². The summed E-state index contributed by atoms with van der Waals surface area (Å²) in [5.41, 5.74) is 6.50. The summed E-state index contributed by atoms with van der Waals surface area (Å²) in [6.45, 7) is 2.75. The number of aromatic hydroxyl groups is 1. The molecule has 0 aliphatic carbocycles. The monoisotopic (exact) mass is 211 g/mol. The van der Waals surface area contributed by atoms with Gasteiger partial charge in [-0.3, -0.25) is 0 Å². The van der Waals surface area contributed by atoms with Crippen LogP contribution in [0.25, 0.3) is 0 Å². The van der Waals surface area contributed by atoms with Gasteiger partial charge in [0.05, 0.1) is 0 Å². The van der Waals surface area contributed by atoms with Gasteiger partial charge in [-0.15, -0.1) is 11.8 Å². The van der Waals surface area contributed by atoms with Crippen LogP contribution in [-0.2, 0) is 0 Å². The van der Waals surface area contributed by atoms with Crippen LogP contribution in [0.4, 0.5) is 0 Å². The van der Waals surface area contributed by atoms with E-state index in [1.165, 1.54) is 4.90 Å². The number of thioether (sulfide) groups is 1. The molecule has 0 saturated heterocycles. The first kappa shape index (κ1) is 11.4. The summed E-state index contributed by atoms with van der Waals surface area (Å²) in [6.07, 6.45) is 2.94. The minimum absolute atomic E-state index is 0.326. The second-order valence-corrected chi connectivity index (χ2v) is 4.28. The predicted molar refractivity (Wildman–Crippen MR) is 62.0 cm³/mol. The summed E-state index contributed by atoms with van der Waals surface area (Å²) < 4.78 is 0. The molecule has 1 unspecified atom stereocenters. The number of hydrogen-bond donors (Lipinski definition) is 2. The first-order chi connectivity index (χ1) is 6.69. The Morgan fingerprint density at radius 2 is 2.21 bits per heavy atom. The molecule has 0 radical (unpaired) electrons. The molecule has 14 heavy (non-hydrogen) atoms. The smallest absolute Gasteiger partial charge is 0.119 e. The number of hydrogen-bond acceptors (Lipinski definition) is 3. The van der Waals surface area contributed by atoms with Crippen LogP contribution in [-0.4, -0.2) is 17.9 Å². The SMILES string of the molecule is CSc1ccc(O)c(C(C)CCN)c1. The van der Waals surface area contributed by atoms with E-state index in [1.54, 1.807) is 17.8 Å². The van der Waals surface area contributed by atoms with Crippen LogP contribution in [0, 0.1) is 0 Å². The van der Waals surface area contributed by atoms with Crippen molar-refractivity contribution in [3.05, 3.63) is 23.8 Å². The highest BCUT2D eigenvalue weighted by molar-refractivity contribution is 7.98. The Morgan fingerprint density at radius 1 is 1.50 bits per heavy atom. The lowest BCUT2D eigenvalue weighted by Gasteiger charge is -2.13. The molecule has 0 aliphatic heterocycles. The lowest BCUT2D eigenvalue weighted by molar-refractivity contribution is 0.460. The third-order valence-electron chi connectivity index (χ3n) is 2.37. The van der Waals surface area contributed by atoms with Crippen molar-refractivity contribution in [2.75, 3.05) is 12.8 Å². The molecule has 0 fully saturated rings. The predicted octanol–water partition coefficient (Wildman–Crippen LogP) is 2.57. The van der Waals surface area contributed by atoms with Crippen molar-refractivity contribution in [3.63, 3.8) is 0 Å². The van der Waals surface area contributed by atoms with Gasteiger partial charge in [0, 0.05) is 4.90 Å². The highest BCUT2D eigenvalue weighted by Crippen LogP contribution is 2.31. The molecule has 1 aromatic rings. The largest absolute Gasteiger partial charge is 0.508 e. The Hall–Kier alpha value is -0.670. The quantitative estimate of drug-likeness (QED) is 0.752. The Balaban J connectivity index is 2.93. The van der Waals surface area contributed by atoms with Gasteiger partial charge in [-0.2, -0.15) is 0 Å². The average molecular weight is 211 g/mol. The van der Waals surface area contributed by atoms with Gasteiger partial charge in [-0.1, -0.05) is 6.92 Å². The van der Waals surface area contributed by atoms with Crippen molar-refractivity contribution in [2.24, 2.45) is 5.73 Å². The van der Waals surface area contributed by atoms with Gasteiger partial charge in [0.1, 0.15) is 5.75 Å². The maximum absolute atomic E-state index is 9.68. The van der Waals surface area contributed by atoms with Crippen molar-refractivity contribution >= 4 is 11.8 Å². The van der Waals surface area contributed by atoms with Crippen LogP contribution in [0.15, 0.2) is 23.1 Å². The van der Waals surface area contributed by atoms with E-state index in [0.717, 1.165) is 12.0 Å². The fourth-order valence-corrected chi connectivity index (χ4v) is 1.91. The fraction of sp³-hybridized carbons (Fsp3) is 0.455. The molecular formula is C11H17NOS. The highest BCUT2D eigenvalue weighted by atomic mass is 32.2. The van der Waals surface area contributed by atoms with E-state index < -0.39 is 0 Å². The number of nitrogens with two attached hydrogens (primary N) is 1. The van der Waals surface area contributed by atoms with Crippen molar-refractivity contribution in [1.29, 1.82) is 0 Å². The molecule has 78 valence electrons. The zero-order valence-electron chi connectivity index (χ0n) is 8.66. The molecule has 0 amide bonds. The lowest BCUT2D eigenvalue weighted by atomic mass is 9.97. The molecule has 0 spiro atoms. The van der Waals surface area contributed by atoms with Gasteiger partial charge in [0.15, 0.2) is 0 Å². The summed E-state index contributed by atoms with van der Waals surface area (Å²) >= 11 is 1.68. The van der Waals surface area contributed by atoms with Crippen LogP contribution in [0.3, 0.4) is 0 Å². The van der Waals surface area contributed by atoms with Gasteiger partial charge in [0.2, 0.25) is 0 Å². The van der Waals surface area contributed by atoms with E-state index in [0.29, 0.717) is 18.2 Å². The average Bonchev–Trinajstić information content (AvgIpc) is 2.19. The summed E-state index contributed by atoms with van der Waals surface area (Å²) in [4.78, 5) is 1.18. The molecule has 0 heterocycles. The lowest BCUT2D eigenvalue weighted by Crippen LogP contribution is -2.04. The normalized spacial score (nSPS) is 12.8. The van der Waals surface area contributed by atoms with Crippen LogP contribution in [0.1, 0.15) is 24.8 Å². The van der Waals surface area contributed by atoms with Crippen LogP contribution in [0.5, 0.6) is 5.75 Å². The maximum atomic E-state index is 9.68. The van der Waals surface area contributed by atoms with Gasteiger partial charge < -0.3 is 10.8 Å². The number of phenols is 1. The van der Waals surface area contributed by atoms with E-state index >= 15 is 0 Å². The van der Waals surface area contributed by atoms with Crippen molar-refractivity contribution < 1.29 is 5.11 Å². The van der Waals surface area contributed by atoms with Gasteiger partial charge in [-0.25, -0.2) is 0 Å². The van der Waals surface area contributed by atoms with Crippen LogP contribution in [0.2, 0.25) is 0 Å². The zero-order valence-corrected chi connectivity index (χ0v) is 9.47. The van der Waals surface area contributed by atoms with E-state index in [4.69, 9.17) is 5.73 Å². The molecule has 0 aromatic heterocycles. The zero-order chi connectivity index (χ0) is 10.6. The molecule has 1 rings (SSSR count). The molecular weight excluding hydrogens is 194 g/mol. The minimum atomic E-state index is 0.326. The second-order valence-electron chi connectivity index (χ2n) is 3.40. The first-order valence-electron chi connectivity index (χ1n) is 4.76. The van der Waals surface area contributed by atoms with E-state index in [1.807, 2.05) is 18.4 Å². The maximum Gasteiger partial charge on any atom is 0.119 e.